The molecule has 3 N–H and O–H groups in total. The molecule has 1 amide bonds. The van der Waals surface area contributed by atoms with E-state index < -0.39 is 0 Å². The quantitative estimate of drug-likeness (QED) is 0.858. The third-order valence-corrected chi connectivity index (χ3v) is 3.37. The first-order valence-corrected chi connectivity index (χ1v) is 6.82. The first kappa shape index (κ1) is 13.8. The molecule has 1 aromatic rings. The number of carbonyl (C=O) groups is 1. The van der Waals surface area contributed by atoms with Crippen molar-refractivity contribution in [1.29, 1.82) is 0 Å². The molecule has 19 heavy (non-hydrogen) atoms. The molecule has 0 bridgehead atoms. The Labute approximate surface area is 114 Å². The fraction of sp³-hybridized carbons (Fsp3) is 0.571. The average Bonchev–Trinajstić information content (AvgIpc) is 2.86. The van der Waals surface area contributed by atoms with Gasteiger partial charge in [0.05, 0.1) is 5.56 Å². The SMILES string of the molecule is CC(C)Nc1ncccc1C(=O)N1CC[C@H](CN)C1. The highest BCUT2D eigenvalue weighted by Gasteiger charge is 2.27. The van der Waals surface area contributed by atoms with Crippen molar-refractivity contribution in [3.05, 3.63) is 23.9 Å². The Morgan fingerprint density at radius 1 is 1.63 bits per heavy atom. The van der Waals surface area contributed by atoms with E-state index in [4.69, 9.17) is 5.73 Å². The van der Waals surface area contributed by atoms with Crippen molar-refractivity contribution in [1.82, 2.24) is 9.88 Å². The summed E-state index contributed by atoms with van der Waals surface area (Å²) in [5, 5.41) is 3.22. The van der Waals surface area contributed by atoms with Crippen LogP contribution in [0.3, 0.4) is 0 Å². The molecule has 2 rings (SSSR count). The minimum atomic E-state index is 0.0483. The molecule has 0 radical (unpaired) electrons. The molecule has 1 fully saturated rings. The molecule has 5 heteroatoms. The van der Waals surface area contributed by atoms with E-state index in [2.05, 4.69) is 10.3 Å². The van der Waals surface area contributed by atoms with E-state index in [0.29, 0.717) is 23.8 Å². The van der Waals surface area contributed by atoms with Crippen LogP contribution in [0.25, 0.3) is 0 Å². The predicted octanol–water partition coefficient (Wildman–Crippen LogP) is 1.32. The summed E-state index contributed by atoms with van der Waals surface area (Å²) in [5.74, 6) is 1.15. The summed E-state index contributed by atoms with van der Waals surface area (Å²) in [6.45, 7) is 6.25. The molecule has 2 heterocycles. The second-order valence-electron chi connectivity index (χ2n) is 5.34. The molecule has 1 aliphatic heterocycles. The van der Waals surface area contributed by atoms with Gasteiger partial charge in [0.1, 0.15) is 5.82 Å². The number of carbonyl (C=O) groups excluding carboxylic acids is 1. The average molecular weight is 262 g/mol. The summed E-state index contributed by atoms with van der Waals surface area (Å²) in [6, 6.07) is 3.88. The monoisotopic (exact) mass is 262 g/mol. The van der Waals surface area contributed by atoms with Gasteiger partial charge in [0.25, 0.3) is 5.91 Å². The topological polar surface area (TPSA) is 71.2 Å². The zero-order valence-electron chi connectivity index (χ0n) is 11.6. The maximum absolute atomic E-state index is 12.5. The fourth-order valence-electron chi connectivity index (χ4n) is 2.35. The number of rotatable bonds is 4. The van der Waals surface area contributed by atoms with E-state index in [1.165, 1.54) is 0 Å². The molecular weight excluding hydrogens is 240 g/mol. The van der Waals surface area contributed by atoms with E-state index >= 15 is 0 Å². The molecular formula is C14H22N4O. The number of nitrogens with zero attached hydrogens (tertiary/aromatic N) is 2. The van der Waals surface area contributed by atoms with Gasteiger partial charge in [-0.25, -0.2) is 4.98 Å². The van der Waals surface area contributed by atoms with Crippen molar-refractivity contribution in [2.24, 2.45) is 11.7 Å². The van der Waals surface area contributed by atoms with E-state index in [1.54, 1.807) is 12.3 Å². The van der Waals surface area contributed by atoms with Crippen LogP contribution in [0.1, 0.15) is 30.6 Å². The number of aromatic nitrogens is 1. The zero-order valence-corrected chi connectivity index (χ0v) is 11.6. The Balaban J connectivity index is 2.15. The third kappa shape index (κ3) is 3.23. The normalized spacial score (nSPS) is 18.9. The largest absolute Gasteiger partial charge is 0.367 e. The minimum absolute atomic E-state index is 0.0483. The van der Waals surface area contributed by atoms with Crippen molar-refractivity contribution in [2.75, 3.05) is 25.0 Å². The van der Waals surface area contributed by atoms with Crippen LogP contribution < -0.4 is 11.1 Å². The number of hydrogen-bond donors (Lipinski definition) is 2. The van der Waals surface area contributed by atoms with Gasteiger partial charge in [0, 0.05) is 25.3 Å². The highest BCUT2D eigenvalue weighted by atomic mass is 16.2. The van der Waals surface area contributed by atoms with Crippen LogP contribution in [-0.2, 0) is 0 Å². The molecule has 1 aliphatic rings. The van der Waals surface area contributed by atoms with Crippen LogP contribution in [0, 0.1) is 5.92 Å². The van der Waals surface area contributed by atoms with Crippen LogP contribution in [0.15, 0.2) is 18.3 Å². The molecule has 1 saturated heterocycles. The van der Waals surface area contributed by atoms with Gasteiger partial charge in [0.15, 0.2) is 0 Å². The molecule has 0 spiro atoms. The van der Waals surface area contributed by atoms with Crippen molar-refractivity contribution < 1.29 is 4.79 Å². The summed E-state index contributed by atoms with van der Waals surface area (Å²) in [4.78, 5) is 18.7. The number of nitrogens with two attached hydrogens (primary N) is 1. The standard InChI is InChI=1S/C14H22N4O/c1-10(2)17-13-12(4-3-6-16-13)14(19)18-7-5-11(8-15)9-18/h3-4,6,10-11H,5,7-9,15H2,1-2H3,(H,16,17)/t11-/m1/s1. The first-order valence-electron chi connectivity index (χ1n) is 6.82. The van der Waals surface area contributed by atoms with Crippen molar-refractivity contribution in [3.8, 4) is 0 Å². The summed E-state index contributed by atoms with van der Waals surface area (Å²) in [7, 11) is 0. The van der Waals surface area contributed by atoms with E-state index in [0.717, 1.165) is 19.5 Å². The zero-order chi connectivity index (χ0) is 13.8. The van der Waals surface area contributed by atoms with Crippen LogP contribution in [-0.4, -0.2) is 41.5 Å². The molecule has 1 aromatic heterocycles. The molecule has 0 saturated carbocycles. The van der Waals surface area contributed by atoms with Crippen molar-refractivity contribution >= 4 is 11.7 Å². The van der Waals surface area contributed by atoms with Crippen LogP contribution in [0.5, 0.6) is 0 Å². The summed E-state index contributed by atoms with van der Waals surface area (Å²) >= 11 is 0. The predicted molar refractivity (Wildman–Crippen MR) is 76.1 cm³/mol. The Morgan fingerprint density at radius 2 is 2.42 bits per heavy atom. The summed E-state index contributed by atoms with van der Waals surface area (Å²) in [6.07, 6.45) is 2.70. The minimum Gasteiger partial charge on any atom is -0.367 e. The number of likely N-dealkylation sites (tertiary alicyclic amines) is 1. The lowest BCUT2D eigenvalue weighted by Crippen LogP contribution is -2.31. The van der Waals surface area contributed by atoms with Crippen molar-refractivity contribution in [2.45, 2.75) is 26.3 Å². The van der Waals surface area contributed by atoms with E-state index in [-0.39, 0.29) is 11.9 Å². The number of pyridine rings is 1. The molecule has 104 valence electrons. The van der Waals surface area contributed by atoms with Gasteiger partial charge in [0.2, 0.25) is 0 Å². The fourth-order valence-corrected chi connectivity index (χ4v) is 2.35. The maximum Gasteiger partial charge on any atom is 0.257 e. The molecule has 0 unspecified atom stereocenters. The Hall–Kier alpha value is -1.62. The van der Waals surface area contributed by atoms with Gasteiger partial charge in [-0.3, -0.25) is 4.79 Å². The lowest BCUT2D eigenvalue weighted by Gasteiger charge is -2.19. The van der Waals surface area contributed by atoms with Gasteiger partial charge >= 0.3 is 0 Å². The molecule has 0 aromatic carbocycles. The van der Waals surface area contributed by atoms with Gasteiger partial charge in [-0.05, 0) is 44.9 Å². The highest BCUT2D eigenvalue weighted by molar-refractivity contribution is 5.98. The van der Waals surface area contributed by atoms with Gasteiger partial charge in [-0.1, -0.05) is 0 Å². The smallest absolute Gasteiger partial charge is 0.257 e. The molecule has 0 aliphatic carbocycles. The van der Waals surface area contributed by atoms with Crippen molar-refractivity contribution in [3.63, 3.8) is 0 Å². The number of hydrogen-bond acceptors (Lipinski definition) is 4. The second kappa shape index (κ2) is 6.02. The lowest BCUT2D eigenvalue weighted by atomic mass is 10.1. The Kier molecular flexibility index (Phi) is 4.37. The first-order chi connectivity index (χ1) is 9.11. The Bertz CT molecular complexity index is 447. The number of nitrogens with one attached hydrogen (secondary N) is 1. The highest BCUT2D eigenvalue weighted by Crippen LogP contribution is 2.21. The van der Waals surface area contributed by atoms with Crippen LogP contribution >= 0.6 is 0 Å². The molecule has 1 atom stereocenters. The number of anilines is 1. The summed E-state index contributed by atoms with van der Waals surface area (Å²) in [5.41, 5.74) is 6.32. The number of amides is 1. The second-order valence-corrected chi connectivity index (χ2v) is 5.34. The van der Waals surface area contributed by atoms with Crippen LogP contribution in [0.4, 0.5) is 5.82 Å². The lowest BCUT2D eigenvalue weighted by molar-refractivity contribution is 0.0788. The maximum atomic E-state index is 12.5. The Morgan fingerprint density at radius 3 is 3.05 bits per heavy atom. The summed E-state index contributed by atoms with van der Waals surface area (Å²) < 4.78 is 0. The van der Waals surface area contributed by atoms with E-state index in [1.807, 2.05) is 24.8 Å². The van der Waals surface area contributed by atoms with Gasteiger partial charge in [-0.15, -0.1) is 0 Å². The van der Waals surface area contributed by atoms with Gasteiger partial charge in [-0.2, -0.15) is 0 Å². The van der Waals surface area contributed by atoms with Gasteiger partial charge < -0.3 is 16.0 Å². The van der Waals surface area contributed by atoms with Crippen LogP contribution in [0.2, 0.25) is 0 Å². The third-order valence-electron chi connectivity index (χ3n) is 3.37. The van der Waals surface area contributed by atoms with E-state index in [9.17, 15) is 4.79 Å². The molecule has 5 nitrogen and oxygen atoms in total.